The molecule has 0 saturated carbocycles. The number of hydrogen-bond donors (Lipinski definition) is 1. The van der Waals surface area contributed by atoms with Gasteiger partial charge in [0.25, 0.3) is 11.8 Å². The van der Waals surface area contributed by atoms with Gasteiger partial charge in [0.15, 0.2) is 0 Å². The molecule has 1 heterocycles. The number of ether oxygens (including phenoxy) is 1. The SMILES string of the molecule is CCC[C@H](NC(=O)OC(C)(C)C)C(=O)N1C(=O)C=C(C)[C@H]1CCC. The van der Waals surface area contributed by atoms with E-state index in [1.165, 1.54) is 11.0 Å². The summed E-state index contributed by atoms with van der Waals surface area (Å²) in [6.45, 7) is 11.1. The Labute approximate surface area is 144 Å². The van der Waals surface area contributed by atoms with Gasteiger partial charge in [-0.1, -0.05) is 26.7 Å². The zero-order chi connectivity index (χ0) is 18.5. The van der Waals surface area contributed by atoms with Gasteiger partial charge in [-0.05, 0) is 46.1 Å². The molecule has 0 aliphatic carbocycles. The first-order chi connectivity index (χ1) is 11.1. The fraction of sp³-hybridized carbons (Fsp3) is 0.722. The molecule has 136 valence electrons. The van der Waals surface area contributed by atoms with Crippen LogP contribution in [0.1, 0.15) is 67.2 Å². The Hall–Kier alpha value is -1.85. The Balaban J connectivity index is 2.89. The van der Waals surface area contributed by atoms with Crippen molar-refractivity contribution in [2.75, 3.05) is 0 Å². The van der Waals surface area contributed by atoms with E-state index in [4.69, 9.17) is 4.74 Å². The van der Waals surface area contributed by atoms with E-state index < -0.39 is 17.7 Å². The highest BCUT2D eigenvalue weighted by Gasteiger charge is 2.38. The van der Waals surface area contributed by atoms with Gasteiger partial charge in [-0.2, -0.15) is 0 Å². The monoisotopic (exact) mass is 338 g/mol. The highest BCUT2D eigenvalue weighted by atomic mass is 16.6. The number of carbonyl (C=O) groups excluding carboxylic acids is 3. The van der Waals surface area contributed by atoms with Crippen LogP contribution in [0.3, 0.4) is 0 Å². The second kappa shape index (κ2) is 8.31. The molecule has 0 spiro atoms. The maximum atomic E-state index is 12.9. The van der Waals surface area contributed by atoms with Gasteiger partial charge >= 0.3 is 6.09 Å². The van der Waals surface area contributed by atoms with Crippen molar-refractivity contribution in [2.45, 2.75) is 84.9 Å². The molecule has 3 amide bonds. The average molecular weight is 338 g/mol. The third-order valence-corrected chi connectivity index (χ3v) is 3.79. The molecular formula is C18H30N2O4. The van der Waals surface area contributed by atoms with E-state index in [-0.39, 0.29) is 17.9 Å². The summed E-state index contributed by atoms with van der Waals surface area (Å²) in [7, 11) is 0. The Morgan fingerprint density at radius 2 is 1.92 bits per heavy atom. The number of imide groups is 1. The number of nitrogens with zero attached hydrogens (tertiary/aromatic N) is 1. The summed E-state index contributed by atoms with van der Waals surface area (Å²) in [6, 6.07) is -0.970. The molecule has 6 nitrogen and oxygen atoms in total. The lowest BCUT2D eigenvalue weighted by Crippen LogP contribution is -2.52. The quantitative estimate of drug-likeness (QED) is 0.807. The third-order valence-electron chi connectivity index (χ3n) is 3.79. The molecule has 0 aromatic rings. The van der Waals surface area contributed by atoms with E-state index in [0.29, 0.717) is 12.8 Å². The normalized spacial score (nSPS) is 19.1. The highest BCUT2D eigenvalue weighted by molar-refractivity contribution is 6.06. The number of nitrogens with one attached hydrogen (secondary N) is 1. The first-order valence-electron chi connectivity index (χ1n) is 8.65. The lowest BCUT2D eigenvalue weighted by molar-refractivity contribution is -0.144. The van der Waals surface area contributed by atoms with E-state index >= 15 is 0 Å². The first kappa shape index (κ1) is 20.2. The van der Waals surface area contributed by atoms with Crippen molar-refractivity contribution < 1.29 is 19.1 Å². The average Bonchev–Trinajstić information content (AvgIpc) is 2.70. The van der Waals surface area contributed by atoms with E-state index in [9.17, 15) is 14.4 Å². The van der Waals surface area contributed by atoms with Crippen molar-refractivity contribution in [1.29, 1.82) is 0 Å². The van der Waals surface area contributed by atoms with Crippen LogP contribution < -0.4 is 5.32 Å². The number of alkyl carbamates (subject to hydrolysis) is 1. The molecule has 0 saturated heterocycles. The fourth-order valence-corrected chi connectivity index (χ4v) is 2.77. The molecule has 24 heavy (non-hydrogen) atoms. The molecule has 0 aromatic carbocycles. The summed E-state index contributed by atoms with van der Waals surface area (Å²) in [5, 5.41) is 2.62. The number of amides is 3. The predicted molar refractivity (Wildman–Crippen MR) is 92.4 cm³/mol. The van der Waals surface area contributed by atoms with Gasteiger partial charge in [-0.25, -0.2) is 4.79 Å². The minimum atomic E-state index is -0.757. The highest BCUT2D eigenvalue weighted by Crippen LogP contribution is 2.24. The zero-order valence-corrected chi connectivity index (χ0v) is 15.6. The van der Waals surface area contributed by atoms with Crippen molar-refractivity contribution in [2.24, 2.45) is 0 Å². The summed E-state index contributed by atoms with van der Waals surface area (Å²) in [5.41, 5.74) is 0.249. The number of rotatable bonds is 6. The third kappa shape index (κ3) is 5.35. The maximum Gasteiger partial charge on any atom is 0.408 e. The van der Waals surface area contributed by atoms with E-state index in [1.54, 1.807) is 20.8 Å². The minimum absolute atomic E-state index is 0.213. The van der Waals surface area contributed by atoms with Crippen molar-refractivity contribution in [1.82, 2.24) is 10.2 Å². The van der Waals surface area contributed by atoms with Crippen LogP contribution >= 0.6 is 0 Å². The molecule has 6 heteroatoms. The van der Waals surface area contributed by atoms with Crippen molar-refractivity contribution >= 4 is 17.9 Å². The number of carbonyl (C=O) groups is 3. The standard InChI is InChI=1S/C18H30N2O4/c1-7-9-13(19-17(23)24-18(4,5)6)16(22)20-14(10-8-2)12(3)11-15(20)21/h11,13-14H,7-10H2,1-6H3,(H,19,23)/t13-,14+/m0/s1. The van der Waals surface area contributed by atoms with E-state index in [1.807, 2.05) is 20.8 Å². The molecule has 2 atom stereocenters. The van der Waals surface area contributed by atoms with Crippen molar-refractivity contribution in [3.8, 4) is 0 Å². The van der Waals surface area contributed by atoms with E-state index in [2.05, 4.69) is 5.32 Å². The summed E-state index contributed by atoms with van der Waals surface area (Å²) in [4.78, 5) is 38.4. The van der Waals surface area contributed by atoms with Crippen LogP contribution in [0.15, 0.2) is 11.6 Å². The minimum Gasteiger partial charge on any atom is -0.444 e. The van der Waals surface area contributed by atoms with Crippen LogP contribution in [-0.2, 0) is 14.3 Å². The predicted octanol–water partition coefficient (Wildman–Crippen LogP) is 3.16. The maximum absolute atomic E-state index is 12.9. The molecule has 0 fully saturated rings. The summed E-state index contributed by atoms with van der Waals surface area (Å²) >= 11 is 0. The molecule has 0 aromatic heterocycles. The lowest BCUT2D eigenvalue weighted by atomic mass is 10.0. The Kier molecular flexibility index (Phi) is 6.99. The first-order valence-corrected chi connectivity index (χ1v) is 8.65. The molecular weight excluding hydrogens is 308 g/mol. The van der Waals surface area contributed by atoms with Gasteiger partial charge in [0.1, 0.15) is 11.6 Å². The Bertz CT molecular complexity index is 520. The van der Waals surface area contributed by atoms with Gasteiger partial charge in [0.2, 0.25) is 0 Å². The molecule has 0 radical (unpaired) electrons. The van der Waals surface area contributed by atoms with E-state index in [0.717, 1.165) is 18.4 Å². The second-order valence-corrected chi connectivity index (χ2v) is 7.23. The van der Waals surface area contributed by atoms with Crippen LogP contribution in [0.5, 0.6) is 0 Å². The van der Waals surface area contributed by atoms with Crippen LogP contribution in [0.25, 0.3) is 0 Å². The second-order valence-electron chi connectivity index (χ2n) is 7.23. The zero-order valence-electron chi connectivity index (χ0n) is 15.6. The van der Waals surface area contributed by atoms with Gasteiger partial charge in [-0.3, -0.25) is 14.5 Å². The smallest absolute Gasteiger partial charge is 0.408 e. The molecule has 0 bridgehead atoms. The molecule has 1 aliphatic rings. The molecule has 1 rings (SSSR count). The molecule has 1 aliphatic heterocycles. The van der Waals surface area contributed by atoms with Crippen molar-refractivity contribution in [3.05, 3.63) is 11.6 Å². The van der Waals surface area contributed by atoms with Crippen LogP contribution in [0.2, 0.25) is 0 Å². The van der Waals surface area contributed by atoms with Gasteiger partial charge in [0.05, 0.1) is 6.04 Å². The largest absolute Gasteiger partial charge is 0.444 e. The van der Waals surface area contributed by atoms with Gasteiger partial charge < -0.3 is 10.1 Å². The topological polar surface area (TPSA) is 75.7 Å². The lowest BCUT2D eigenvalue weighted by Gasteiger charge is -2.29. The summed E-state index contributed by atoms with van der Waals surface area (Å²) in [5.74, 6) is -0.665. The Morgan fingerprint density at radius 3 is 2.42 bits per heavy atom. The summed E-state index contributed by atoms with van der Waals surface area (Å²) < 4.78 is 5.23. The van der Waals surface area contributed by atoms with Crippen LogP contribution in [0, 0.1) is 0 Å². The molecule has 0 unspecified atom stereocenters. The van der Waals surface area contributed by atoms with Gasteiger partial charge in [-0.15, -0.1) is 0 Å². The van der Waals surface area contributed by atoms with Crippen LogP contribution in [0.4, 0.5) is 4.79 Å². The Morgan fingerprint density at radius 1 is 1.29 bits per heavy atom. The number of hydrogen-bond acceptors (Lipinski definition) is 4. The fourth-order valence-electron chi connectivity index (χ4n) is 2.77. The van der Waals surface area contributed by atoms with Crippen molar-refractivity contribution in [3.63, 3.8) is 0 Å². The summed E-state index contributed by atoms with van der Waals surface area (Å²) in [6.07, 6.45) is 3.63. The molecule has 1 N–H and O–H groups in total. The van der Waals surface area contributed by atoms with Crippen LogP contribution in [-0.4, -0.2) is 40.5 Å². The van der Waals surface area contributed by atoms with Gasteiger partial charge in [0, 0.05) is 6.08 Å².